The van der Waals surface area contributed by atoms with E-state index in [1.165, 1.54) is 19.3 Å². The molecule has 36 heavy (non-hydrogen) atoms. The van der Waals surface area contributed by atoms with Gasteiger partial charge in [0.1, 0.15) is 11.0 Å². The van der Waals surface area contributed by atoms with Gasteiger partial charge in [0, 0.05) is 24.6 Å². The number of hydrogen-bond acceptors (Lipinski definition) is 5. The summed E-state index contributed by atoms with van der Waals surface area (Å²) >= 11 is 6.24. The maximum atomic E-state index is 13.3. The highest BCUT2D eigenvalue weighted by molar-refractivity contribution is 6.29. The standard InChI is InChI=1S/C29H37ClN4O2/c1-19-13-23(19)17-31-27-16-22(15-26(30)34-27)28(36)33-24(14-21-7-5-4-6-8-21)25(35)18-32-29(2,3)12-11-20-9-10-20/h4-8,15-16,19-20,23-25,32,35H,9-10,13-14,17-18H2,1-3H3,(H,31,34)(H,33,36)/t19-,23+,24+,25-/m1/s1. The Labute approximate surface area is 219 Å². The summed E-state index contributed by atoms with van der Waals surface area (Å²) in [6.45, 7) is 7.36. The van der Waals surface area contributed by atoms with Crippen LogP contribution in [-0.2, 0) is 6.42 Å². The van der Waals surface area contributed by atoms with Crippen molar-refractivity contribution in [1.82, 2.24) is 15.6 Å². The van der Waals surface area contributed by atoms with E-state index in [-0.39, 0.29) is 11.1 Å². The normalized spacial score (nSPS) is 20.6. The molecule has 1 heterocycles. The number of β-amino-alcohol motifs (C(OH)–C–C–N with tert-alkyl or cyclic N) is 1. The van der Waals surface area contributed by atoms with Crippen molar-refractivity contribution in [1.29, 1.82) is 0 Å². The molecule has 6 nitrogen and oxygen atoms in total. The number of aromatic nitrogens is 1. The zero-order valence-corrected chi connectivity index (χ0v) is 22.1. The molecule has 4 rings (SSSR count). The minimum atomic E-state index is -0.817. The summed E-state index contributed by atoms with van der Waals surface area (Å²) in [5.74, 6) is 8.74. The van der Waals surface area contributed by atoms with Gasteiger partial charge in [0.2, 0.25) is 0 Å². The highest BCUT2D eigenvalue weighted by Gasteiger charge is 2.32. The number of nitrogens with one attached hydrogen (secondary N) is 3. The number of amides is 1. The summed E-state index contributed by atoms with van der Waals surface area (Å²) in [5, 5.41) is 21.1. The molecule has 2 aliphatic carbocycles. The zero-order valence-electron chi connectivity index (χ0n) is 21.4. The van der Waals surface area contributed by atoms with Crippen LogP contribution in [0.5, 0.6) is 0 Å². The second-order valence-corrected chi connectivity index (χ2v) is 11.2. The van der Waals surface area contributed by atoms with Crippen molar-refractivity contribution >= 4 is 23.3 Å². The minimum Gasteiger partial charge on any atom is -0.390 e. The van der Waals surface area contributed by atoms with Gasteiger partial charge in [-0.3, -0.25) is 10.1 Å². The van der Waals surface area contributed by atoms with Crippen LogP contribution in [0.2, 0.25) is 5.15 Å². The lowest BCUT2D eigenvalue weighted by Crippen LogP contribution is -2.52. The second kappa shape index (κ2) is 11.6. The third-order valence-electron chi connectivity index (χ3n) is 6.88. The van der Waals surface area contributed by atoms with Crippen LogP contribution in [0.4, 0.5) is 5.82 Å². The SMILES string of the molecule is C[C@@H]1C[C@H]1CNc1cc(C(=O)N[C@@H](Cc2ccccc2)[C@H](O)CNC(C)(C)C#CC2CC2)cc(Cl)n1. The Balaban J connectivity index is 1.43. The van der Waals surface area contributed by atoms with Crippen LogP contribution in [0, 0.1) is 29.6 Å². The molecule has 0 aliphatic heterocycles. The Bertz CT molecular complexity index is 1110. The Kier molecular flexibility index (Phi) is 8.56. The molecule has 2 saturated carbocycles. The molecular formula is C29H37ClN4O2. The van der Waals surface area contributed by atoms with Gasteiger partial charge in [0.05, 0.1) is 17.7 Å². The van der Waals surface area contributed by atoms with Gasteiger partial charge in [-0.15, -0.1) is 0 Å². The van der Waals surface area contributed by atoms with Crippen molar-refractivity contribution in [3.05, 3.63) is 58.7 Å². The molecule has 7 heteroatoms. The number of halogens is 1. The van der Waals surface area contributed by atoms with Gasteiger partial charge in [-0.25, -0.2) is 4.98 Å². The van der Waals surface area contributed by atoms with Crippen LogP contribution in [0.1, 0.15) is 56.0 Å². The van der Waals surface area contributed by atoms with E-state index in [1.807, 2.05) is 44.2 Å². The molecule has 0 saturated heterocycles. The van der Waals surface area contributed by atoms with Gasteiger partial charge in [-0.1, -0.05) is 60.7 Å². The Morgan fingerprint density at radius 3 is 2.64 bits per heavy atom. The van der Waals surface area contributed by atoms with Crippen molar-refractivity contribution in [2.75, 3.05) is 18.4 Å². The van der Waals surface area contributed by atoms with E-state index in [0.717, 1.165) is 18.0 Å². The lowest BCUT2D eigenvalue weighted by atomic mass is 9.99. The number of carbonyl (C=O) groups excluding carboxylic acids is 1. The molecular weight excluding hydrogens is 472 g/mol. The molecule has 2 aromatic rings. The topological polar surface area (TPSA) is 86.3 Å². The molecule has 2 aliphatic rings. The fourth-order valence-electron chi connectivity index (χ4n) is 4.10. The first-order valence-electron chi connectivity index (χ1n) is 12.9. The molecule has 0 radical (unpaired) electrons. The molecule has 4 atom stereocenters. The van der Waals surface area contributed by atoms with Crippen LogP contribution >= 0.6 is 11.6 Å². The second-order valence-electron chi connectivity index (χ2n) is 10.8. The lowest BCUT2D eigenvalue weighted by Gasteiger charge is -2.28. The van der Waals surface area contributed by atoms with Gasteiger partial charge < -0.3 is 15.7 Å². The molecule has 1 amide bonds. The maximum Gasteiger partial charge on any atom is 0.251 e. The lowest BCUT2D eigenvalue weighted by molar-refractivity contribution is 0.0821. The first kappa shape index (κ1) is 26.5. The van der Waals surface area contributed by atoms with Crippen LogP contribution in [-0.4, -0.2) is 46.8 Å². The number of hydrogen-bond donors (Lipinski definition) is 4. The van der Waals surface area contributed by atoms with Crippen molar-refractivity contribution in [2.45, 2.75) is 64.1 Å². The number of rotatable bonds is 11. The summed E-state index contributed by atoms with van der Waals surface area (Å²) in [4.78, 5) is 17.6. The number of nitrogens with zero attached hydrogens (tertiary/aromatic N) is 1. The number of pyridine rings is 1. The highest BCUT2D eigenvalue weighted by atomic mass is 35.5. The van der Waals surface area contributed by atoms with Gasteiger partial charge in [-0.2, -0.15) is 0 Å². The Hall–Kier alpha value is -2.59. The Morgan fingerprint density at radius 2 is 1.97 bits per heavy atom. The highest BCUT2D eigenvalue weighted by Crippen LogP contribution is 2.37. The predicted octanol–water partition coefficient (Wildman–Crippen LogP) is 4.29. The summed E-state index contributed by atoms with van der Waals surface area (Å²) in [7, 11) is 0. The van der Waals surface area contributed by atoms with Gasteiger partial charge in [0.15, 0.2) is 0 Å². The van der Waals surface area contributed by atoms with E-state index in [1.54, 1.807) is 12.1 Å². The van der Waals surface area contributed by atoms with E-state index in [2.05, 4.69) is 39.7 Å². The zero-order chi connectivity index (χ0) is 25.7. The number of anilines is 1. The number of aliphatic hydroxyl groups is 1. The smallest absolute Gasteiger partial charge is 0.251 e. The molecule has 1 aromatic heterocycles. The van der Waals surface area contributed by atoms with E-state index >= 15 is 0 Å². The first-order valence-corrected chi connectivity index (χ1v) is 13.3. The molecule has 2 fully saturated rings. The van der Waals surface area contributed by atoms with Crippen molar-refractivity contribution in [3.63, 3.8) is 0 Å². The molecule has 192 valence electrons. The van der Waals surface area contributed by atoms with Crippen molar-refractivity contribution in [3.8, 4) is 11.8 Å². The summed E-state index contributed by atoms with van der Waals surface area (Å²) in [6.07, 6.45) is 3.23. The van der Waals surface area contributed by atoms with Crippen molar-refractivity contribution in [2.24, 2.45) is 17.8 Å². The van der Waals surface area contributed by atoms with Gasteiger partial charge in [0.25, 0.3) is 5.91 Å². The van der Waals surface area contributed by atoms with E-state index < -0.39 is 17.7 Å². The number of aliphatic hydroxyl groups excluding tert-OH is 1. The van der Waals surface area contributed by atoms with Crippen LogP contribution in [0.3, 0.4) is 0 Å². The molecule has 0 spiro atoms. The van der Waals surface area contributed by atoms with Crippen LogP contribution < -0.4 is 16.0 Å². The number of benzene rings is 1. The third kappa shape index (κ3) is 8.23. The average molecular weight is 509 g/mol. The van der Waals surface area contributed by atoms with Crippen molar-refractivity contribution < 1.29 is 9.90 Å². The summed E-state index contributed by atoms with van der Waals surface area (Å²) < 4.78 is 0. The van der Waals surface area contributed by atoms with E-state index in [0.29, 0.717) is 36.2 Å². The fourth-order valence-corrected chi connectivity index (χ4v) is 4.31. The molecule has 0 bridgehead atoms. The fraction of sp³-hybridized carbons (Fsp3) is 0.517. The molecule has 1 aromatic carbocycles. The number of carbonyl (C=O) groups is 1. The first-order chi connectivity index (χ1) is 17.2. The molecule has 4 N–H and O–H groups in total. The summed E-state index contributed by atoms with van der Waals surface area (Å²) in [5.41, 5.74) is 1.02. The largest absolute Gasteiger partial charge is 0.390 e. The Morgan fingerprint density at radius 1 is 1.25 bits per heavy atom. The summed E-state index contributed by atoms with van der Waals surface area (Å²) in [6, 6.07) is 12.6. The van der Waals surface area contributed by atoms with E-state index in [4.69, 9.17) is 11.6 Å². The minimum absolute atomic E-state index is 0.256. The van der Waals surface area contributed by atoms with Gasteiger partial charge >= 0.3 is 0 Å². The third-order valence-corrected chi connectivity index (χ3v) is 7.07. The monoisotopic (exact) mass is 508 g/mol. The van der Waals surface area contributed by atoms with E-state index in [9.17, 15) is 9.90 Å². The average Bonchev–Trinajstić information content (AvgIpc) is 3.78. The van der Waals surface area contributed by atoms with Gasteiger partial charge in [-0.05, 0) is 69.1 Å². The maximum absolute atomic E-state index is 13.3. The van der Waals surface area contributed by atoms with Crippen LogP contribution in [0.15, 0.2) is 42.5 Å². The predicted molar refractivity (Wildman–Crippen MR) is 145 cm³/mol. The molecule has 0 unspecified atom stereocenters. The van der Waals surface area contributed by atoms with Crippen LogP contribution in [0.25, 0.3) is 0 Å². The quantitative estimate of drug-likeness (QED) is 0.269.